The predicted molar refractivity (Wildman–Crippen MR) is 149 cm³/mol. The Balaban J connectivity index is 1.54. The van der Waals surface area contributed by atoms with Gasteiger partial charge >= 0.3 is 0 Å². The minimum absolute atomic E-state index is 0.00414. The number of hydrogen-bond donors (Lipinski definition) is 1. The van der Waals surface area contributed by atoms with E-state index in [-0.39, 0.29) is 23.8 Å². The fraction of sp³-hybridized carbons (Fsp3) is 0.312. The summed E-state index contributed by atoms with van der Waals surface area (Å²) < 4.78 is 37.4. The Morgan fingerprint density at radius 2 is 1.79 bits per heavy atom. The molecule has 0 fully saturated rings. The molecule has 10 nitrogen and oxygen atoms in total. The highest BCUT2D eigenvalue weighted by atomic mass is 16.7. The molecule has 4 heterocycles. The molecule has 1 N–H and O–H groups in total. The van der Waals surface area contributed by atoms with Crippen LogP contribution in [0.15, 0.2) is 59.4 Å². The normalized spacial score (nSPS) is 24.0. The number of aliphatic hydroxyl groups is 1. The zero-order chi connectivity index (χ0) is 28.8. The summed E-state index contributed by atoms with van der Waals surface area (Å²) in [5.41, 5.74) is -1.43. The van der Waals surface area contributed by atoms with Crippen molar-refractivity contribution >= 4 is 0 Å². The van der Waals surface area contributed by atoms with Crippen LogP contribution in [0, 0.1) is 0 Å². The van der Waals surface area contributed by atoms with Crippen molar-refractivity contribution in [2.24, 2.45) is 0 Å². The Kier molecular flexibility index (Phi) is 5.16. The van der Waals surface area contributed by atoms with Crippen molar-refractivity contribution in [2.75, 3.05) is 28.1 Å². The maximum Gasteiger partial charge on any atom is 0.257 e. The van der Waals surface area contributed by atoms with Gasteiger partial charge in [0.15, 0.2) is 34.2 Å². The monoisotopic (exact) mass is 568 g/mol. The topological polar surface area (TPSA) is 111 Å². The van der Waals surface area contributed by atoms with Crippen LogP contribution in [0.1, 0.15) is 46.1 Å². The minimum Gasteiger partial charge on any atom is -0.493 e. The van der Waals surface area contributed by atoms with Gasteiger partial charge in [-0.25, -0.2) is 4.98 Å². The van der Waals surface area contributed by atoms with Gasteiger partial charge < -0.3 is 33.5 Å². The molecule has 0 radical (unpaired) electrons. The third kappa shape index (κ3) is 2.87. The van der Waals surface area contributed by atoms with E-state index >= 15 is 0 Å². The Morgan fingerprint density at radius 1 is 0.976 bits per heavy atom. The van der Waals surface area contributed by atoms with E-state index in [1.807, 2.05) is 36.4 Å². The van der Waals surface area contributed by atoms with Gasteiger partial charge in [0.05, 0.1) is 44.1 Å². The number of aryl methyl sites for hydroxylation is 1. The molecule has 4 aromatic rings. The molecule has 1 aliphatic carbocycles. The number of hydrogen-bond acceptors (Lipinski definition) is 9. The smallest absolute Gasteiger partial charge is 0.257 e. The molecule has 10 heteroatoms. The second kappa shape index (κ2) is 8.65. The van der Waals surface area contributed by atoms with Crippen LogP contribution in [0.4, 0.5) is 0 Å². The van der Waals surface area contributed by atoms with Crippen LogP contribution in [-0.2, 0) is 24.2 Å². The van der Waals surface area contributed by atoms with Gasteiger partial charge in [0.2, 0.25) is 12.5 Å². The Morgan fingerprint density at radius 3 is 2.55 bits per heavy atom. The van der Waals surface area contributed by atoms with Crippen LogP contribution in [0.2, 0.25) is 0 Å². The van der Waals surface area contributed by atoms with E-state index in [0.29, 0.717) is 64.2 Å². The first-order valence-electron chi connectivity index (χ1n) is 13.8. The second-order valence-electron chi connectivity index (χ2n) is 10.8. The fourth-order valence-corrected chi connectivity index (χ4v) is 7.32. The van der Waals surface area contributed by atoms with E-state index < -0.39 is 17.1 Å². The molecule has 214 valence electrons. The predicted octanol–water partition coefficient (Wildman–Crippen LogP) is 3.61. The summed E-state index contributed by atoms with van der Waals surface area (Å²) in [6.45, 7) is 0.571. The van der Waals surface area contributed by atoms with Gasteiger partial charge in [0.1, 0.15) is 11.6 Å². The molecule has 1 aromatic heterocycles. The zero-order valence-electron chi connectivity index (χ0n) is 23.3. The summed E-state index contributed by atoms with van der Waals surface area (Å²) in [7, 11) is 4.62. The summed E-state index contributed by atoms with van der Waals surface area (Å²) in [4.78, 5) is 19.4. The quantitative estimate of drug-likeness (QED) is 0.386. The Hall–Kier alpha value is -4.70. The van der Waals surface area contributed by atoms with Crippen LogP contribution >= 0.6 is 0 Å². The lowest BCUT2D eigenvalue weighted by atomic mass is 9.70. The van der Waals surface area contributed by atoms with Gasteiger partial charge in [-0.3, -0.25) is 9.36 Å². The van der Waals surface area contributed by atoms with Crippen molar-refractivity contribution in [2.45, 2.75) is 36.5 Å². The van der Waals surface area contributed by atoms with Crippen molar-refractivity contribution in [3.05, 3.63) is 98.7 Å². The largest absolute Gasteiger partial charge is 0.493 e. The molecular formula is C32H28N2O8. The van der Waals surface area contributed by atoms with Gasteiger partial charge in [-0.1, -0.05) is 36.4 Å². The molecule has 0 spiro atoms. The van der Waals surface area contributed by atoms with Crippen LogP contribution in [0.3, 0.4) is 0 Å². The number of methoxy groups -OCH3 is 3. The maximum absolute atomic E-state index is 14.4. The van der Waals surface area contributed by atoms with Crippen molar-refractivity contribution in [1.82, 2.24) is 9.55 Å². The first-order chi connectivity index (χ1) is 20.5. The number of fused-ring (bicyclic) bond motifs is 7. The van der Waals surface area contributed by atoms with Gasteiger partial charge in [-0.15, -0.1) is 0 Å². The third-order valence-electron chi connectivity index (χ3n) is 9.01. The molecule has 0 amide bonds. The summed E-state index contributed by atoms with van der Waals surface area (Å²) in [6, 6.07) is 16.7. The molecule has 4 aliphatic rings. The summed E-state index contributed by atoms with van der Waals surface area (Å²) >= 11 is 0. The Bertz CT molecular complexity index is 1840. The van der Waals surface area contributed by atoms with E-state index in [2.05, 4.69) is 0 Å². The summed E-state index contributed by atoms with van der Waals surface area (Å²) in [6.07, 6.45) is 1.43. The van der Waals surface area contributed by atoms with Gasteiger partial charge in [0, 0.05) is 24.6 Å². The molecule has 3 unspecified atom stereocenters. The average molecular weight is 569 g/mol. The number of ether oxygens (including phenoxy) is 6. The first kappa shape index (κ1) is 25.0. The van der Waals surface area contributed by atoms with E-state index in [1.54, 1.807) is 37.0 Å². The molecule has 3 aliphatic heterocycles. The molecule has 0 bridgehead atoms. The van der Waals surface area contributed by atoms with Crippen molar-refractivity contribution in [1.29, 1.82) is 0 Å². The summed E-state index contributed by atoms with van der Waals surface area (Å²) in [5, 5.41) is 13.5. The van der Waals surface area contributed by atoms with Crippen molar-refractivity contribution in [3.63, 3.8) is 0 Å². The second-order valence-corrected chi connectivity index (χ2v) is 10.8. The van der Waals surface area contributed by atoms with Crippen LogP contribution in [-0.4, -0.2) is 42.8 Å². The van der Waals surface area contributed by atoms with E-state index in [9.17, 15) is 9.90 Å². The van der Waals surface area contributed by atoms with Crippen molar-refractivity contribution < 1.29 is 33.5 Å². The lowest BCUT2D eigenvalue weighted by Crippen LogP contribution is -2.49. The lowest BCUT2D eigenvalue weighted by Gasteiger charge is -2.40. The SMILES string of the molecule is COc1ccc(C23Oc4cc5c(c(OC)c4C2(O)c2nc4n(c(=O)c2C3c2ccccc2)CCC4)OCO5)cc1OC. The molecular weight excluding hydrogens is 540 g/mol. The molecule has 0 saturated heterocycles. The molecule has 8 rings (SSSR count). The van der Waals surface area contributed by atoms with Crippen LogP contribution in [0.25, 0.3) is 0 Å². The number of aromatic nitrogens is 2. The van der Waals surface area contributed by atoms with Gasteiger partial charge in [0.25, 0.3) is 5.56 Å². The van der Waals surface area contributed by atoms with Crippen LogP contribution in [0.5, 0.6) is 34.5 Å². The average Bonchev–Trinajstić information content (AvgIpc) is 3.78. The van der Waals surface area contributed by atoms with Gasteiger partial charge in [-0.05, 0) is 24.1 Å². The maximum atomic E-state index is 14.4. The fourth-order valence-electron chi connectivity index (χ4n) is 7.32. The molecule has 0 saturated carbocycles. The first-order valence-corrected chi connectivity index (χ1v) is 13.8. The van der Waals surface area contributed by atoms with Gasteiger partial charge in [-0.2, -0.15) is 0 Å². The minimum atomic E-state index is -1.97. The number of benzene rings is 3. The lowest BCUT2D eigenvalue weighted by molar-refractivity contribution is -0.0912. The molecule has 42 heavy (non-hydrogen) atoms. The number of rotatable bonds is 5. The zero-order valence-corrected chi connectivity index (χ0v) is 23.3. The highest BCUT2D eigenvalue weighted by Gasteiger charge is 2.74. The highest BCUT2D eigenvalue weighted by Crippen LogP contribution is 2.71. The van der Waals surface area contributed by atoms with E-state index in [1.165, 1.54) is 7.11 Å². The van der Waals surface area contributed by atoms with Crippen LogP contribution < -0.4 is 34.0 Å². The standard InChI is InChI=1S/C32H28N2O8/c1-37-19-12-11-18(14-20(19)38-2)32-25(17-8-5-4-6-9-17)24-29(33-23-10-7-13-34(23)30(24)35)31(32,36)26-21(42-32)15-22-27(28(26)39-3)41-16-40-22/h4-6,8-9,11-12,14-15,25,36H,7,10,13,16H2,1-3H3. The Labute approximate surface area is 241 Å². The van der Waals surface area contributed by atoms with E-state index in [0.717, 1.165) is 12.0 Å². The summed E-state index contributed by atoms with van der Waals surface area (Å²) in [5.74, 6) is 2.25. The van der Waals surface area contributed by atoms with Crippen molar-refractivity contribution in [3.8, 4) is 34.5 Å². The van der Waals surface area contributed by atoms with E-state index in [4.69, 9.17) is 33.4 Å². The third-order valence-corrected chi connectivity index (χ3v) is 9.01. The highest BCUT2D eigenvalue weighted by molar-refractivity contribution is 5.73. The molecule has 3 aromatic carbocycles. The molecule has 3 atom stereocenters. The number of nitrogens with zero attached hydrogens (tertiary/aromatic N) is 2.